The van der Waals surface area contributed by atoms with Gasteiger partial charge in [0.1, 0.15) is 0 Å². The molecule has 0 saturated carbocycles. The maximum absolute atomic E-state index is 3.75. The van der Waals surface area contributed by atoms with E-state index in [-0.39, 0.29) is 0 Å². The van der Waals surface area contributed by atoms with Gasteiger partial charge in [0.15, 0.2) is 0 Å². The molecule has 1 aliphatic heterocycles. The van der Waals surface area contributed by atoms with Crippen LogP contribution in [0.15, 0.2) is 0 Å². The van der Waals surface area contributed by atoms with Crippen molar-refractivity contribution in [3.63, 3.8) is 0 Å². The van der Waals surface area contributed by atoms with Crippen molar-refractivity contribution < 1.29 is 0 Å². The molecule has 1 rings (SSSR count). The molecule has 0 amide bonds. The first-order chi connectivity index (χ1) is 9.49. The van der Waals surface area contributed by atoms with Gasteiger partial charge >= 0.3 is 0 Å². The van der Waals surface area contributed by atoms with Gasteiger partial charge in [-0.1, -0.05) is 13.8 Å². The third-order valence-electron chi connectivity index (χ3n) is 4.46. The Morgan fingerprint density at radius 1 is 1.10 bits per heavy atom. The maximum Gasteiger partial charge on any atom is 0.00914 e. The second-order valence-electron chi connectivity index (χ2n) is 7.20. The summed E-state index contributed by atoms with van der Waals surface area (Å²) in [5.41, 5.74) is 0. The average Bonchev–Trinajstić information content (AvgIpc) is 2.39. The molecule has 120 valence electrons. The fourth-order valence-electron chi connectivity index (χ4n) is 2.89. The van der Waals surface area contributed by atoms with Gasteiger partial charge in [-0.05, 0) is 78.7 Å². The lowest BCUT2D eigenvalue weighted by molar-refractivity contribution is 0.179. The van der Waals surface area contributed by atoms with Crippen LogP contribution in [0.4, 0.5) is 0 Å². The van der Waals surface area contributed by atoms with Crippen LogP contribution in [0.1, 0.15) is 53.4 Å². The van der Waals surface area contributed by atoms with E-state index < -0.39 is 0 Å². The summed E-state index contributed by atoms with van der Waals surface area (Å²) in [6, 6.07) is 1.44. The summed E-state index contributed by atoms with van der Waals surface area (Å²) >= 11 is 0. The third-order valence-corrected chi connectivity index (χ3v) is 4.46. The van der Waals surface area contributed by atoms with Crippen LogP contribution in [-0.2, 0) is 0 Å². The number of nitrogens with zero attached hydrogens (tertiary/aromatic N) is 2. The number of piperidine rings is 1. The minimum absolute atomic E-state index is 0.674. The molecule has 3 nitrogen and oxygen atoms in total. The molecule has 1 heterocycles. The van der Waals surface area contributed by atoms with Crippen molar-refractivity contribution in [2.45, 2.75) is 65.5 Å². The van der Waals surface area contributed by atoms with Crippen LogP contribution < -0.4 is 5.32 Å². The predicted molar refractivity (Wildman–Crippen MR) is 89.3 cm³/mol. The first kappa shape index (κ1) is 17.9. The highest BCUT2D eigenvalue weighted by Gasteiger charge is 2.18. The molecule has 0 atom stereocenters. The molecule has 20 heavy (non-hydrogen) atoms. The molecule has 0 bridgehead atoms. The lowest BCUT2D eigenvalue weighted by Gasteiger charge is -2.33. The van der Waals surface area contributed by atoms with Crippen molar-refractivity contribution in [1.29, 1.82) is 0 Å². The van der Waals surface area contributed by atoms with E-state index in [2.05, 4.69) is 49.9 Å². The fourth-order valence-corrected chi connectivity index (χ4v) is 2.89. The Balaban J connectivity index is 1.99. The maximum atomic E-state index is 3.75. The van der Waals surface area contributed by atoms with Crippen molar-refractivity contribution >= 4 is 0 Å². The van der Waals surface area contributed by atoms with E-state index in [0.29, 0.717) is 6.04 Å². The highest BCUT2D eigenvalue weighted by molar-refractivity contribution is 4.77. The minimum Gasteiger partial charge on any atom is -0.314 e. The fraction of sp³-hybridized carbons (Fsp3) is 1.00. The monoisotopic (exact) mass is 283 g/mol. The normalized spacial score (nSPS) is 18.6. The molecule has 0 spiro atoms. The van der Waals surface area contributed by atoms with Gasteiger partial charge in [0.05, 0.1) is 0 Å². The predicted octanol–water partition coefficient (Wildman–Crippen LogP) is 2.82. The number of hydrogen-bond acceptors (Lipinski definition) is 3. The van der Waals surface area contributed by atoms with Crippen molar-refractivity contribution in [2.75, 3.05) is 39.8 Å². The zero-order valence-corrected chi connectivity index (χ0v) is 14.5. The average molecular weight is 284 g/mol. The van der Waals surface area contributed by atoms with Gasteiger partial charge in [0.25, 0.3) is 0 Å². The number of unbranched alkanes of at least 4 members (excludes halogenated alkanes) is 1. The van der Waals surface area contributed by atoms with Gasteiger partial charge in [-0.2, -0.15) is 0 Å². The lowest BCUT2D eigenvalue weighted by atomic mass is 10.0. The van der Waals surface area contributed by atoms with E-state index >= 15 is 0 Å². The summed E-state index contributed by atoms with van der Waals surface area (Å²) < 4.78 is 0. The molecule has 1 fully saturated rings. The molecule has 0 radical (unpaired) electrons. The Labute approximate surface area is 127 Å². The van der Waals surface area contributed by atoms with Crippen LogP contribution in [0.5, 0.6) is 0 Å². The topological polar surface area (TPSA) is 18.5 Å². The van der Waals surface area contributed by atoms with Gasteiger partial charge in [0.2, 0.25) is 0 Å². The Bertz CT molecular complexity index is 232. The van der Waals surface area contributed by atoms with E-state index in [1.165, 1.54) is 58.4 Å². The Hall–Kier alpha value is -0.120. The Kier molecular flexibility index (Phi) is 8.74. The molecule has 3 heteroatoms. The van der Waals surface area contributed by atoms with E-state index in [4.69, 9.17) is 0 Å². The van der Waals surface area contributed by atoms with Crippen molar-refractivity contribution in [2.24, 2.45) is 5.92 Å². The summed E-state index contributed by atoms with van der Waals surface area (Å²) in [5, 5.41) is 3.75. The second kappa shape index (κ2) is 9.75. The molecule has 1 N–H and O–H groups in total. The summed E-state index contributed by atoms with van der Waals surface area (Å²) in [6.07, 6.45) is 5.29. The molecule has 0 aromatic heterocycles. The SMILES string of the molecule is CC(C)CN1CCC(NCCCCN(C)C(C)C)CC1. The third kappa shape index (κ3) is 7.61. The van der Waals surface area contributed by atoms with Crippen LogP contribution in [-0.4, -0.2) is 61.7 Å². The summed E-state index contributed by atoms with van der Waals surface area (Å²) in [7, 11) is 2.22. The van der Waals surface area contributed by atoms with Gasteiger partial charge in [-0.15, -0.1) is 0 Å². The molecule has 0 aromatic rings. The Morgan fingerprint density at radius 3 is 2.30 bits per heavy atom. The minimum atomic E-state index is 0.674. The first-order valence-electron chi connectivity index (χ1n) is 8.65. The smallest absolute Gasteiger partial charge is 0.00914 e. The highest BCUT2D eigenvalue weighted by Crippen LogP contribution is 2.12. The highest BCUT2D eigenvalue weighted by atomic mass is 15.1. The largest absolute Gasteiger partial charge is 0.314 e. The molecule has 0 aromatic carbocycles. The van der Waals surface area contributed by atoms with Gasteiger partial charge < -0.3 is 15.1 Å². The van der Waals surface area contributed by atoms with Crippen LogP contribution in [0.25, 0.3) is 0 Å². The number of hydrogen-bond donors (Lipinski definition) is 1. The number of likely N-dealkylation sites (tertiary alicyclic amines) is 1. The standard InChI is InChI=1S/C17H37N3/c1-15(2)14-20-12-8-17(9-13-20)18-10-6-7-11-19(5)16(3)4/h15-18H,6-14H2,1-5H3. The molecule has 0 aliphatic carbocycles. The number of rotatable bonds is 9. The van der Waals surface area contributed by atoms with Crippen LogP contribution >= 0.6 is 0 Å². The molecular weight excluding hydrogens is 246 g/mol. The first-order valence-corrected chi connectivity index (χ1v) is 8.65. The van der Waals surface area contributed by atoms with E-state index in [1.54, 1.807) is 0 Å². The summed E-state index contributed by atoms with van der Waals surface area (Å²) in [4.78, 5) is 5.06. The van der Waals surface area contributed by atoms with Crippen LogP contribution in [0.2, 0.25) is 0 Å². The lowest BCUT2D eigenvalue weighted by Crippen LogP contribution is -2.43. The quantitative estimate of drug-likeness (QED) is 0.657. The van der Waals surface area contributed by atoms with Crippen molar-refractivity contribution in [1.82, 2.24) is 15.1 Å². The van der Waals surface area contributed by atoms with Crippen molar-refractivity contribution in [3.8, 4) is 0 Å². The molecule has 0 unspecified atom stereocenters. The zero-order valence-electron chi connectivity index (χ0n) is 14.5. The van der Waals surface area contributed by atoms with Crippen LogP contribution in [0, 0.1) is 5.92 Å². The van der Waals surface area contributed by atoms with Crippen LogP contribution in [0.3, 0.4) is 0 Å². The summed E-state index contributed by atoms with van der Waals surface area (Å²) in [5.74, 6) is 0.803. The number of nitrogens with one attached hydrogen (secondary N) is 1. The summed E-state index contributed by atoms with van der Waals surface area (Å²) in [6.45, 7) is 15.4. The van der Waals surface area contributed by atoms with E-state index in [1.807, 2.05) is 0 Å². The zero-order chi connectivity index (χ0) is 15.0. The Morgan fingerprint density at radius 2 is 1.75 bits per heavy atom. The second-order valence-corrected chi connectivity index (χ2v) is 7.20. The van der Waals surface area contributed by atoms with E-state index in [0.717, 1.165) is 12.0 Å². The van der Waals surface area contributed by atoms with Gasteiger partial charge in [0, 0.05) is 18.6 Å². The van der Waals surface area contributed by atoms with Crippen molar-refractivity contribution in [3.05, 3.63) is 0 Å². The van der Waals surface area contributed by atoms with Gasteiger partial charge in [-0.25, -0.2) is 0 Å². The molecular formula is C17H37N3. The van der Waals surface area contributed by atoms with E-state index in [9.17, 15) is 0 Å². The molecule has 1 saturated heterocycles. The molecule has 1 aliphatic rings. The van der Waals surface area contributed by atoms with Gasteiger partial charge in [-0.3, -0.25) is 0 Å².